The van der Waals surface area contributed by atoms with Crippen LogP contribution in [0.5, 0.6) is 0 Å². The van der Waals surface area contributed by atoms with Gasteiger partial charge >= 0.3 is 5.97 Å². The first-order valence-corrected chi connectivity index (χ1v) is 16.0. The second-order valence-electron chi connectivity index (χ2n) is 15.1. The molecule has 6 rings (SSSR count). The number of nitrogens with zero attached hydrogens (tertiary/aromatic N) is 2. The summed E-state index contributed by atoms with van der Waals surface area (Å²) in [5, 5.41) is 0. The third kappa shape index (κ3) is 4.77. The van der Waals surface area contributed by atoms with Gasteiger partial charge < -0.3 is 31.1 Å². The zero-order valence-electron chi connectivity index (χ0n) is 24.4. The van der Waals surface area contributed by atoms with E-state index in [-0.39, 0.29) is 34.5 Å². The van der Waals surface area contributed by atoms with Crippen molar-refractivity contribution in [2.45, 2.75) is 129 Å². The van der Waals surface area contributed by atoms with Crippen molar-refractivity contribution >= 4 is 5.97 Å². The molecule has 0 N–H and O–H groups in total. The summed E-state index contributed by atoms with van der Waals surface area (Å²) in [6.45, 7) is 12.2. The van der Waals surface area contributed by atoms with E-state index in [0.717, 1.165) is 34.2 Å². The minimum atomic E-state index is -0.0510. The minimum Gasteiger partial charge on any atom is -1.00 e. The van der Waals surface area contributed by atoms with Crippen LogP contribution < -0.4 is 17.0 Å². The van der Waals surface area contributed by atoms with Crippen molar-refractivity contribution in [1.29, 1.82) is 0 Å². The predicted octanol–water partition coefficient (Wildman–Crippen LogP) is 3.43. The first-order valence-electron chi connectivity index (χ1n) is 16.0. The Kier molecular flexibility index (Phi) is 8.21. The second kappa shape index (κ2) is 10.7. The Balaban J connectivity index is 0.00000280. The summed E-state index contributed by atoms with van der Waals surface area (Å²) in [6, 6.07) is 1.34. The number of quaternary nitrogens is 1. The summed E-state index contributed by atoms with van der Waals surface area (Å²) >= 11 is 0. The summed E-state index contributed by atoms with van der Waals surface area (Å²) in [6.07, 6.45) is 19.6. The summed E-state index contributed by atoms with van der Waals surface area (Å²) in [5.74, 6) is 3.34. The van der Waals surface area contributed by atoms with E-state index in [1.807, 2.05) is 0 Å². The molecule has 6 aliphatic rings. The lowest BCUT2D eigenvalue weighted by Gasteiger charge is -2.61. The van der Waals surface area contributed by atoms with Crippen LogP contribution in [0.3, 0.4) is 0 Å². The number of fused-ring (bicyclic) bond motifs is 5. The molecule has 2 aliphatic heterocycles. The largest absolute Gasteiger partial charge is 1.00 e. The Hall–Kier alpha value is -0.130. The number of carbonyl (C=O) groups excluding carboxylic acids is 1. The van der Waals surface area contributed by atoms with E-state index in [0.29, 0.717) is 11.5 Å². The Morgan fingerprint density at radius 2 is 1.54 bits per heavy atom. The van der Waals surface area contributed by atoms with Gasteiger partial charge in [0, 0.05) is 24.8 Å². The number of hydrogen-bond donors (Lipinski definition) is 0. The molecule has 0 aromatic heterocycles. The molecule has 0 aromatic carbocycles. The number of hydrogen-bond acceptors (Lipinski definition) is 3. The molecule has 0 aromatic rings. The molecule has 2 saturated heterocycles. The summed E-state index contributed by atoms with van der Waals surface area (Å²) in [4.78, 5) is 15.3. The number of piperidine rings is 2. The van der Waals surface area contributed by atoms with E-state index >= 15 is 0 Å². The van der Waals surface area contributed by atoms with Crippen molar-refractivity contribution < 1.29 is 31.0 Å². The monoisotopic (exact) mass is 578 g/mol. The Morgan fingerprint density at radius 3 is 2.24 bits per heavy atom. The quantitative estimate of drug-likeness (QED) is 0.379. The summed E-state index contributed by atoms with van der Waals surface area (Å²) < 4.78 is 7.51. The van der Waals surface area contributed by atoms with Gasteiger partial charge in [-0.05, 0) is 119 Å². The zero-order valence-corrected chi connectivity index (χ0v) is 25.9. The van der Waals surface area contributed by atoms with Gasteiger partial charge in [0.15, 0.2) is 6.10 Å². The van der Waals surface area contributed by atoms with Crippen LogP contribution in [-0.4, -0.2) is 66.8 Å². The van der Waals surface area contributed by atoms with Crippen molar-refractivity contribution in [1.82, 2.24) is 4.90 Å². The van der Waals surface area contributed by atoms with Crippen LogP contribution in [0.25, 0.3) is 0 Å². The van der Waals surface area contributed by atoms with E-state index in [2.05, 4.69) is 25.8 Å². The number of rotatable bonds is 3. The van der Waals surface area contributed by atoms with Crippen LogP contribution in [0.2, 0.25) is 0 Å². The van der Waals surface area contributed by atoms with Gasteiger partial charge in [-0.2, -0.15) is 0 Å². The van der Waals surface area contributed by atoms with Gasteiger partial charge in [0.2, 0.25) is 0 Å². The third-order valence-electron chi connectivity index (χ3n) is 13.4. The topological polar surface area (TPSA) is 29.5 Å². The van der Waals surface area contributed by atoms with E-state index < -0.39 is 0 Å². The molecule has 2 heterocycles. The summed E-state index contributed by atoms with van der Waals surface area (Å²) in [7, 11) is 2.50. The molecule has 4 nitrogen and oxygen atoms in total. The number of carbonyl (C=O) groups is 1. The zero-order chi connectivity index (χ0) is 25.1. The van der Waals surface area contributed by atoms with E-state index in [1.54, 1.807) is 6.92 Å². The van der Waals surface area contributed by atoms with Crippen LogP contribution in [0.1, 0.15) is 111 Å². The van der Waals surface area contributed by atoms with Gasteiger partial charge in [0.25, 0.3) is 0 Å². The maximum atomic E-state index is 12.4. The van der Waals surface area contributed by atoms with Crippen LogP contribution >= 0.6 is 0 Å². The van der Waals surface area contributed by atoms with Crippen LogP contribution in [-0.2, 0) is 9.53 Å². The number of halogens is 1. The molecule has 4 unspecified atom stereocenters. The molecule has 5 heteroatoms. The predicted molar refractivity (Wildman–Crippen MR) is 145 cm³/mol. The number of ether oxygens (including phenoxy) is 1. The van der Waals surface area contributed by atoms with Crippen LogP contribution in [0, 0.1) is 34.5 Å². The molecule has 37 heavy (non-hydrogen) atoms. The van der Waals surface area contributed by atoms with Crippen molar-refractivity contribution in [3.8, 4) is 0 Å². The fraction of sp³-hybridized carbons (Fsp3) is 0.969. The molecular formula is C32H55BrN2O2. The number of esters is 1. The highest BCUT2D eigenvalue weighted by atomic mass is 79.9. The molecule has 4 aliphatic carbocycles. The lowest BCUT2D eigenvalue weighted by Crippen LogP contribution is -3.00. The van der Waals surface area contributed by atoms with Gasteiger partial charge in [0.1, 0.15) is 6.04 Å². The standard InChI is InChI=1S/C32H55N2O2.BrH/c1-23(35)36-30-29(34(4)19-9-6-10-20-34)21-28-26-14-12-24-11-13-25(33-17-7-5-8-18-33)22-32(24,3)27(26)15-16-31(28,30)2;/h24-30H,5-22H2,1-4H3;1H/q+1;/p-1/t24?,25?,26-,27-,28+,29?,30?,31+,32+;/m1./s1. The number of likely N-dealkylation sites (tertiary alicyclic amines) is 2. The van der Waals surface area contributed by atoms with Gasteiger partial charge in [-0.25, -0.2) is 0 Å². The molecule has 9 atom stereocenters. The molecule has 0 radical (unpaired) electrons. The highest BCUT2D eigenvalue weighted by molar-refractivity contribution is 5.66. The molecule has 0 bridgehead atoms. The fourth-order valence-electron chi connectivity index (χ4n) is 11.4. The Labute approximate surface area is 238 Å². The molecule has 4 saturated carbocycles. The van der Waals surface area contributed by atoms with Gasteiger partial charge in [-0.1, -0.05) is 20.3 Å². The minimum absolute atomic E-state index is 0. The molecule has 6 fully saturated rings. The third-order valence-corrected chi connectivity index (χ3v) is 13.4. The smallest absolute Gasteiger partial charge is 0.303 e. The molecule has 0 amide bonds. The average Bonchev–Trinajstić information content (AvgIpc) is 3.17. The lowest BCUT2D eigenvalue weighted by atomic mass is 9.45. The van der Waals surface area contributed by atoms with Gasteiger partial charge in [-0.3, -0.25) is 4.79 Å². The van der Waals surface area contributed by atoms with Crippen molar-refractivity contribution in [3.63, 3.8) is 0 Å². The SMILES string of the molecule is CC(=O)OC1C([N+]2(C)CCCCC2)C[C@H]2[C@@H]3CCC4CCC(N5CCCCC5)C[C@]4(C)[C@@H]3CC[C@]12C.[Br-]. The normalized spacial score (nSPS) is 47.6. The van der Waals surface area contributed by atoms with Crippen LogP contribution in [0.15, 0.2) is 0 Å². The van der Waals surface area contributed by atoms with Crippen LogP contribution in [0.4, 0.5) is 0 Å². The van der Waals surface area contributed by atoms with Gasteiger partial charge in [-0.15, -0.1) is 0 Å². The highest BCUT2D eigenvalue weighted by Crippen LogP contribution is 2.67. The van der Waals surface area contributed by atoms with Crippen molar-refractivity contribution in [2.24, 2.45) is 34.5 Å². The Bertz CT molecular complexity index is 824. The maximum Gasteiger partial charge on any atom is 0.303 e. The Morgan fingerprint density at radius 1 is 0.865 bits per heavy atom. The average molecular weight is 580 g/mol. The molecule has 212 valence electrons. The molecule has 0 spiro atoms. The fourth-order valence-corrected chi connectivity index (χ4v) is 11.4. The van der Waals surface area contributed by atoms with E-state index in [4.69, 9.17) is 4.74 Å². The maximum absolute atomic E-state index is 12.4. The first-order chi connectivity index (χ1) is 17.2. The second-order valence-corrected chi connectivity index (χ2v) is 15.1. The van der Waals surface area contributed by atoms with Crippen molar-refractivity contribution in [3.05, 3.63) is 0 Å². The van der Waals surface area contributed by atoms with Crippen molar-refractivity contribution in [2.75, 3.05) is 33.2 Å². The molecular weight excluding hydrogens is 524 g/mol. The first kappa shape index (κ1) is 28.4. The lowest BCUT2D eigenvalue weighted by molar-refractivity contribution is -0.940. The number of likely N-dealkylation sites (N-methyl/N-ethyl adjacent to an activating group) is 1. The highest BCUT2D eigenvalue weighted by Gasteiger charge is 2.66. The van der Waals surface area contributed by atoms with Gasteiger partial charge in [0.05, 0.1) is 20.1 Å². The van der Waals surface area contributed by atoms with E-state index in [1.165, 1.54) is 116 Å². The summed E-state index contributed by atoms with van der Waals surface area (Å²) in [5.41, 5.74) is 0.684. The van der Waals surface area contributed by atoms with E-state index in [9.17, 15) is 4.79 Å².